The summed E-state index contributed by atoms with van der Waals surface area (Å²) in [6.45, 7) is 0.757. The van der Waals surface area contributed by atoms with Gasteiger partial charge in [0, 0.05) is 12.1 Å². The average molecular weight is 361 g/mol. The smallest absolute Gasteiger partial charge is 0.278 e. The quantitative estimate of drug-likeness (QED) is 0.560. The van der Waals surface area contributed by atoms with Gasteiger partial charge in [-0.25, -0.2) is 4.39 Å². The highest BCUT2D eigenvalue weighted by atomic mass is 19.1. The number of benzene rings is 2. The van der Waals surface area contributed by atoms with Crippen molar-refractivity contribution in [1.29, 1.82) is 0 Å². The van der Waals surface area contributed by atoms with Gasteiger partial charge in [0.05, 0.1) is 0 Å². The molecule has 0 spiro atoms. The van der Waals surface area contributed by atoms with Crippen LogP contribution < -0.4 is 5.32 Å². The van der Waals surface area contributed by atoms with Crippen molar-refractivity contribution < 1.29 is 8.91 Å². The molecule has 0 bridgehead atoms. The largest absolute Gasteiger partial charge is 0.368 e. The van der Waals surface area contributed by atoms with Crippen molar-refractivity contribution in [3.63, 3.8) is 0 Å². The molecule has 0 saturated carbocycles. The van der Waals surface area contributed by atoms with Crippen molar-refractivity contribution in [2.45, 2.75) is 6.42 Å². The molecule has 0 unspecified atom stereocenters. The molecular weight excluding hydrogens is 345 g/mol. The van der Waals surface area contributed by atoms with Crippen LogP contribution in [0.1, 0.15) is 5.56 Å². The summed E-state index contributed by atoms with van der Waals surface area (Å²) in [6, 6.07) is 19.7. The Bertz CT molecular complexity index is 1000. The zero-order valence-corrected chi connectivity index (χ0v) is 14.3. The van der Waals surface area contributed by atoms with Crippen LogP contribution >= 0.6 is 0 Å². The van der Waals surface area contributed by atoms with E-state index >= 15 is 0 Å². The van der Waals surface area contributed by atoms with E-state index in [9.17, 15) is 4.39 Å². The van der Waals surface area contributed by atoms with Gasteiger partial charge in [-0.15, -0.1) is 10.2 Å². The van der Waals surface area contributed by atoms with Gasteiger partial charge in [-0.2, -0.15) is 4.98 Å². The molecule has 0 aliphatic heterocycles. The van der Waals surface area contributed by atoms with Gasteiger partial charge in [-0.05, 0) is 48.4 Å². The lowest BCUT2D eigenvalue weighted by Gasteiger charge is -2.05. The summed E-state index contributed by atoms with van der Waals surface area (Å²) < 4.78 is 18.2. The van der Waals surface area contributed by atoms with Crippen molar-refractivity contribution in [3.05, 3.63) is 78.1 Å². The van der Waals surface area contributed by atoms with Crippen LogP contribution in [0.15, 0.2) is 71.3 Å². The van der Waals surface area contributed by atoms with E-state index in [-0.39, 0.29) is 11.7 Å². The maximum atomic E-state index is 13.0. The number of nitrogens with one attached hydrogen (secondary N) is 1. The molecule has 2 heterocycles. The van der Waals surface area contributed by atoms with E-state index in [4.69, 9.17) is 4.52 Å². The van der Waals surface area contributed by atoms with Crippen LogP contribution in [0.25, 0.3) is 23.0 Å². The second-order valence-electron chi connectivity index (χ2n) is 5.90. The molecule has 4 aromatic rings. The second kappa shape index (κ2) is 7.74. The van der Waals surface area contributed by atoms with E-state index in [1.165, 1.54) is 17.7 Å². The van der Waals surface area contributed by atoms with Crippen LogP contribution in [0.3, 0.4) is 0 Å². The zero-order chi connectivity index (χ0) is 18.5. The first-order valence-electron chi connectivity index (χ1n) is 8.49. The highest BCUT2D eigenvalue weighted by molar-refractivity contribution is 5.57. The Morgan fingerprint density at radius 1 is 0.889 bits per heavy atom. The van der Waals surface area contributed by atoms with Crippen molar-refractivity contribution in [3.8, 4) is 23.0 Å². The third-order valence-electron chi connectivity index (χ3n) is 3.97. The van der Waals surface area contributed by atoms with Crippen molar-refractivity contribution in [2.24, 2.45) is 0 Å². The Kier molecular flexibility index (Phi) is 4.82. The van der Waals surface area contributed by atoms with Crippen molar-refractivity contribution >= 4 is 5.82 Å². The Morgan fingerprint density at radius 2 is 1.70 bits per heavy atom. The van der Waals surface area contributed by atoms with E-state index in [0.717, 1.165) is 13.0 Å². The average Bonchev–Trinajstić information content (AvgIpc) is 3.20. The molecule has 0 amide bonds. The molecular formula is C20H16FN5O. The molecule has 2 aromatic carbocycles. The van der Waals surface area contributed by atoms with E-state index in [0.29, 0.717) is 22.9 Å². The SMILES string of the molecule is Fc1ccc(-c2noc(-c3ccc(NCCc4ccccc4)nn3)n2)cc1. The zero-order valence-electron chi connectivity index (χ0n) is 14.3. The molecule has 4 rings (SSSR count). The van der Waals surface area contributed by atoms with Gasteiger partial charge < -0.3 is 9.84 Å². The minimum absolute atomic E-state index is 0.262. The third kappa shape index (κ3) is 4.14. The number of anilines is 1. The van der Waals surface area contributed by atoms with E-state index < -0.39 is 0 Å². The maximum Gasteiger partial charge on any atom is 0.278 e. The Hall–Kier alpha value is -3.61. The Morgan fingerprint density at radius 3 is 2.44 bits per heavy atom. The first-order valence-corrected chi connectivity index (χ1v) is 8.49. The Labute approximate surface area is 155 Å². The summed E-state index contributed by atoms with van der Waals surface area (Å²) in [5, 5.41) is 15.4. The van der Waals surface area contributed by atoms with Crippen LogP contribution in [-0.2, 0) is 6.42 Å². The molecule has 0 aliphatic rings. The van der Waals surface area contributed by atoms with E-state index in [1.807, 2.05) is 24.3 Å². The molecule has 0 atom stereocenters. The topological polar surface area (TPSA) is 76.7 Å². The van der Waals surface area contributed by atoms with E-state index in [2.05, 4.69) is 37.8 Å². The van der Waals surface area contributed by atoms with Gasteiger partial charge in [0.25, 0.3) is 5.89 Å². The van der Waals surface area contributed by atoms with Gasteiger partial charge >= 0.3 is 0 Å². The third-order valence-corrected chi connectivity index (χ3v) is 3.97. The molecule has 0 radical (unpaired) electrons. The van der Waals surface area contributed by atoms with Crippen LogP contribution in [0.5, 0.6) is 0 Å². The first kappa shape index (κ1) is 16.8. The molecule has 6 nitrogen and oxygen atoms in total. The monoisotopic (exact) mass is 361 g/mol. The Balaban J connectivity index is 1.39. The summed E-state index contributed by atoms with van der Waals surface area (Å²) in [4.78, 5) is 4.29. The summed E-state index contributed by atoms with van der Waals surface area (Å²) >= 11 is 0. The number of hydrogen-bond acceptors (Lipinski definition) is 6. The van der Waals surface area contributed by atoms with E-state index in [1.54, 1.807) is 18.2 Å². The van der Waals surface area contributed by atoms with Crippen LogP contribution in [0.2, 0.25) is 0 Å². The first-order chi connectivity index (χ1) is 13.3. The van der Waals surface area contributed by atoms with Crippen molar-refractivity contribution in [1.82, 2.24) is 20.3 Å². The summed E-state index contributed by atoms with van der Waals surface area (Å²) in [7, 11) is 0. The predicted molar refractivity (Wildman–Crippen MR) is 99.4 cm³/mol. The number of nitrogens with zero attached hydrogens (tertiary/aromatic N) is 4. The van der Waals surface area contributed by atoms with Gasteiger partial charge in [0.1, 0.15) is 11.6 Å². The lowest BCUT2D eigenvalue weighted by Crippen LogP contribution is -2.07. The van der Waals surface area contributed by atoms with Crippen LogP contribution in [0.4, 0.5) is 10.2 Å². The normalized spacial score (nSPS) is 10.7. The lowest BCUT2D eigenvalue weighted by molar-refractivity contribution is 0.430. The molecule has 134 valence electrons. The minimum Gasteiger partial charge on any atom is -0.368 e. The molecule has 1 N–H and O–H groups in total. The molecule has 0 fully saturated rings. The van der Waals surface area contributed by atoms with Gasteiger partial charge in [-0.3, -0.25) is 0 Å². The number of hydrogen-bond donors (Lipinski definition) is 1. The predicted octanol–water partition coefficient (Wildman–Crippen LogP) is 3.99. The minimum atomic E-state index is -0.316. The maximum absolute atomic E-state index is 13.0. The highest BCUT2D eigenvalue weighted by Gasteiger charge is 2.12. The van der Waals surface area contributed by atoms with Crippen LogP contribution in [0, 0.1) is 5.82 Å². The molecule has 7 heteroatoms. The molecule has 2 aromatic heterocycles. The van der Waals surface area contributed by atoms with Gasteiger partial charge in [0.15, 0.2) is 5.69 Å². The fraction of sp³-hybridized carbons (Fsp3) is 0.100. The van der Waals surface area contributed by atoms with Gasteiger partial charge in [-0.1, -0.05) is 35.5 Å². The summed E-state index contributed by atoms with van der Waals surface area (Å²) in [5.41, 5.74) is 2.40. The number of rotatable bonds is 6. The highest BCUT2D eigenvalue weighted by Crippen LogP contribution is 2.21. The second-order valence-corrected chi connectivity index (χ2v) is 5.90. The molecule has 27 heavy (non-hydrogen) atoms. The standard InChI is InChI=1S/C20H16FN5O/c21-16-8-6-15(7-9-16)19-23-20(27-26-19)17-10-11-18(25-24-17)22-13-12-14-4-2-1-3-5-14/h1-11H,12-13H2,(H,22,25). The number of aromatic nitrogens is 4. The van der Waals surface area contributed by atoms with Crippen molar-refractivity contribution in [2.75, 3.05) is 11.9 Å². The molecule has 0 saturated heterocycles. The van der Waals surface area contributed by atoms with Gasteiger partial charge in [0.2, 0.25) is 5.82 Å². The number of halogens is 1. The lowest BCUT2D eigenvalue weighted by atomic mass is 10.1. The summed E-state index contributed by atoms with van der Waals surface area (Å²) in [6.07, 6.45) is 0.898. The van der Waals surface area contributed by atoms with Crippen LogP contribution in [-0.4, -0.2) is 26.9 Å². The molecule has 0 aliphatic carbocycles. The fourth-order valence-corrected chi connectivity index (χ4v) is 2.56. The fourth-order valence-electron chi connectivity index (χ4n) is 2.56. The summed E-state index contributed by atoms with van der Waals surface area (Å²) in [5.74, 6) is 0.992.